The maximum absolute atomic E-state index is 3.52. The topological polar surface area (TPSA) is 15.8 Å². The van der Waals surface area contributed by atoms with Gasteiger partial charge in [0.25, 0.3) is 0 Å². The van der Waals surface area contributed by atoms with E-state index in [1.54, 1.807) is 0 Å². The number of fused-ring (bicyclic) bond motifs is 4. The summed E-state index contributed by atoms with van der Waals surface area (Å²) in [7, 11) is 0. The van der Waals surface area contributed by atoms with Crippen LogP contribution < -0.4 is 0 Å². The first kappa shape index (κ1) is 12.2. The van der Waals surface area contributed by atoms with E-state index in [0.29, 0.717) is 0 Å². The summed E-state index contributed by atoms with van der Waals surface area (Å²) in [5.41, 5.74) is 3.74. The fourth-order valence-electron chi connectivity index (χ4n) is 3.23. The largest absolute Gasteiger partial charge is 0.355 e. The summed E-state index contributed by atoms with van der Waals surface area (Å²) in [6.07, 6.45) is 4.22. The quantitative estimate of drug-likeness (QED) is 0.420. The van der Waals surface area contributed by atoms with E-state index >= 15 is 0 Å². The van der Waals surface area contributed by atoms with Gasteiger partial charge < -0.3 is 4.98 Å². The molecule has 0 radical (unpaired) electrons. The number of aromatic nitrogens is 1. The van der Waals surface area contributed by atoms with E-state index in [9.17, 15) is 0 Å². The predicted octanol–water partition coefficient (Wildman–Crippen LogP) is 5.82. The predicted molar refractivity (Wildman–Crippen MR) is 92.8 cm³/mol. The molecular weight excluding hydrogens is 254 g/mol. The number of nitrogens with one attached hydrogen (secondary N) is 1. The van der Waals surface area contributed by atoms with Gasteiger partial charge in [0.2, 0.25) is 0 Å². The van der Waals surface area contributed by atoms with Crippen LogP contribution in [0.1, 0.15) is 18.2 Å². The molecular formula is C20H17N. The molecule has 102 valence electrons. The summed E-state index contributed by atoms with van der Waals surface area (Å²) in [4.78, 5) is 3.52. The molecule has 0 aliphatic heterocycles. The fraction of sp³-hybridized carbons (Fsp3) is 0.100. The van der Waals surface area contributed by atoms with Gasteiger partial charge in [0.15, 0.2) is 0 Å². The molecule has 0 saturated heterocycles. The summed E-state index contributed by atoms with van der Waals surface area (Å²) in [5.74, 6) is 0. The molecule has 0 atom stereocenters. The van der Waals surface area contributed by atoms with Gasteiger partial charge in [-0.3, -0.25) is 0 Å². The molecule has 0 aliphatic rings. The molecule has 0 unspecified atom stereocenters. The van der Waals surface area contributed by atoms with Crippen molar-refractivity contribution in [1.29, 1.82) is 0 Å². The Morgan fingerprint density at radius 2 is 1.67 bits per heavy atom. The van der Waals surface area contributed by atoms with Gasteiger partial charge in [-0.15, -0.1) is 0 Å². The fourth-order valence-corrected chi connectivity index (χ4v) is 3.23. The van der Waals surface area contributed by atoms with E-state index in [2.05, 4.69) is 79.5 Å². The Morgan fingerprint density at radius 1 is 0.905 bits per heavy atom. The zero-order chi connectivity index (χ0) is 14.4. The molecule has 0 spiro atoms. The zero-order valence-electron chi connectivity index (χ0n) is 12.3. The van der Waals surface area contributed by atoms with Crippen molar-refractivity contribution in [2.24, 2.45) is 0 Å². The monoisotopic (exact) mass is 271 g/mol. The minimum absolute atomic E-state index is 1.20. The number of hydrogen-bond donors (Lipinski definition) is 1. The van der Waals surface area contributed by atoms with Crippen molar-refractivity contribution in [2.45, 2.75) is 13.8 Å². The minimum Gasteiger partial charge on any atom is -0.355 e. The minimum atomic E-state index is 1.20. The normalized spacial score (nSPS) is 12.1. The Balaban J connectivity index is 2.19. The van der Waals surface area contributed by atoms with Crippen LogP contribution in [0.2, 0.25) is 0 Å². The molecule has 21 heavy (non-hydrogen) atoms. The number of H-pyrrole nitrogens is 1. The zero-order valence-corrected chi connectivity index (χ0v) is 12.3. The lowest BCUT2D eigenvalue weighted by Gasteiger charge is -2.04. The van der Waals surface area contributed by atoms with Gasteiger partial charge >= 0.3 is 0 Å². The van der Waals surface area contributed by atoms with Crippen LogP contribution in [0.15, 0.2) is 54.6 Å². The van der Waals surface area contributed by atoms with Gasteiger partial charge in [-0.1, -0.05) is 36.4 Å². The highest BCUT2D eigenvalue weighted by Gasteiger charge is 2.09. The number of benzene rings is 3. The highest BCUT2D eigenvalue weighted by molar-refractivity contribution is 6.13. The van der Waals surface area contributed by atoms with Gasteiger partial charge in [-0.2, -0.15) is 0 Å². The van der Waals surface area contributed by atoms with Crippen LogP contribution in [0, 0.1) is 6.92 Å². The lowest BCUT2D eigenvalue weighted by Crippen LogP contribution is -1.79. The van der Waals surface area contributed by atoms with E-state index in [1.807, 2.05) is 0 Å². The Bertz CT molecular complexity index is 1000. The molecule has 1 heterocycles. The van der Waals surface area contributed by atoms with Crippen LogP contribution in [-0.4, -0.2) is 4.98 Å². The van der Waals surface area contributed by atoms with Crippen LogP contribution in [-0.2, 0) is 0 Å². The molecule has 3 aromatic carbocycles. The number of allylic oxidation sites excluding steroid dienone is 1. The molecule has 0 amide bonds. The standard InChI is InChI=1S/C20H17N/c1-3-6-18-13(2)20-17-12-15-8-5-4-7-14(15)11-16(17)9-10-19(20)21-18/h3-12,21H,1-2H3/b6-3-. The first-order chi connectivity index (χ1) is 10.3. The van der Waals surface area contributed by atoms with Gasteiger partial charge in [0.05, 0.1) is 0 Å². The highest BCUT2D eigenvalue weighted by atomic mass is 14.7. The number of aromatic amines is 1. The van der Waals surface area contributed by atoms with Crippen molar-refractivity contribution in [2.75, 3.05) is 0 Å². The Labute approximate surface area is 123 Å². The summed E-state index contributed by atoms with van der Waals surface area (Å²) >= 11 is 0. The van der Waals surface area contributed by atoms with Gasteiger partial charge in [-0.25, -0.2) is 0 Å². The molecule has 1 nitrogen and oxygen atoms in total. The third kappa shape index (κ3) is 1.78. The molecule has 0 aliphatic carbocycles. The van der Waals surface area contributed by atoms with E-state index in [-0.39, 0.29) is 0 Å². The maximum Gasteiger partial charge on any atom is 0.0467 e. The molecule has 1 aromatic heterocycles. The van der Waals surface area contributed by atoms with E-state index in [0.717, 1.165) is 0 Å². The van der Waals surface area contributed by atoms with Crippen molar-refractivity contribution in [3.05, 3.63) is 65.9 Å². The Hall–Kier alpha value is -2.54. The molecule has 0 bridgehead atoms. The molecule has 1 N–H and O–H groups in total. The van der Waals surface area contributed by atoms with Crippen molar-refractivity contribution in [1.82, 2.24) is 4.98 Å². The van der Waals surface area contributed by atoms with Crippen molar-refractivity contribution in [3.63, 3.8) is 0 Å². The first-order valence-electron chi connectivity index (χ1n) is 7.34. The number of hydrogen-bond acceptors (Lipinski definition) is 0. The second kappa shape index (κ2) is 4.49. The van der Waals surface area contributed by atoms with E-state index in [1.165, 1.54) is 43.7 Å². The van der Waals surface area contributed by atoms with Gasteiger partial charge in [-0.05, 0) is 65.2 Å². The second-order valence-corrected chi connectivity index (χ2v) is 5.57. The van der Waals surface area contributed by atoms with Crippen LogP contribution >= 0.6 is 0 Å². The average Bonchev–Trinajstić information content (AvgIpc) is 2.82. The van der Waals surface area contributed by atoms with Gasteiger partial charge in [0.1, 0.15) is 0 Å². The second-order valence-electron chi connectivity index (χ2n) is 5.57. The lowest BCUT2D eigenvalue weighted by atomic mass is 9.99. The summed E-state index contributed by atoms with van der Waals surface area (Å²) in [5, 5.41) is 6.56. The molecule has 4 rings (SSSR count). The van der Waals surface area contributed by atoms with Crippen LogP contribution in [0.3, 0.4) is 0 Å². The lowest BCUT2D eigenvalue weighted by molar-refractivity contribution is 1.38. The summed E-state index contributed by atoms with van der Waals surface area (Å²) in [6.45, 7) is 4.25. The molecule has 0 fully saturated rings. The van der Waals surface area contributed by atoms with Crippen molar-refractivity contribution < 1.29 is 0 Å². The smallest absolute Gasteiger partial charge is 0.0467 e. The molecule has 0 saturated carbocycles. The summed E-state index contributed by atoms with van der Waals surface area (Å²) < 4.78 is 0. The first-order valence-corrected chi connectivity index (χ1v) is 7.34. The average molecular weight is 271 g/mol. The third-order valence-electron chi connectivity index (χ3n) is 4.27. The van der Waals surface area contributed by atoms with Crippen molar-refractivity contribution >= 4 is 38.5 Å². The maximum atomic E-state index is 3.52. The summed E-state index contributed by atoms with van der Waals surface area (Å²) in [6, 6.07) is 17.5. The van der Waals surface area contributed by atoms with E-state index < -0.39 is 0 Å². The SMILES string of the molecule is C/C=C\c1[nH]c2ccc3cc4ccccc4cc3c2c1C. The number of rotatable bonds is 1. The van der Waals surface area contributed by atoms with Crippen LogP contribution in [0.25, 0.3) is 38.5 Å². The van der Waals surface area contributed by atoms with Gasteiger partial charge in [0, 0.05) is 16.6 Å². The van der Waals surface area contributed by atoms with Crippen LogP contribution in [0.5, 0.6) is 0 Å². The Kier molecular flexibility index (Phi) is 2.61. The third-order valence-corrected chi connectivity index (χ3v) is 4.27. The highest BCUT2D eigenvalue weighted by Crippen LogP contribution is 2.33. The molecule has 4 aromatic rings. The molecule has 1 heteroatoms. The van der Waals surface area contributed by atoms with E-state index in [4.69, 9.17) is 0 Å². The van der Waals surface area contributed by atoms with Crippen molar-refractivity contribution in [3.8, 4) is 0 Å². The van der Waals surface area contributed by atoms with Crippen LogP contribution in [0.4, 0.5) is 0 Å². The number of aryl methyl sites for hydroxylation is 1. The Morgan fingerprint density at radius 3 is 2.43 bits per heavy atom.